The summed E-state index contributed by atoms with van der Waals surface area (Å²) in [6.45, 7) is 3.26. The van der Waals surface area contributed by atoms with Crippen LogP contribution < -0.4 is 15.1 Å². The van der Waals surface area contributed by atoms with Gasteiger partial charge in [-0.05, 0) is 61.7 Å². The highest BCUT2D eigenvalue weighted by Gasteiger charge is 2.51. The molecule has 8 heteroatoms. The average molecular weight is 415 g/mol. The summed E-state index contributed by atoms with van der Waals surface area (Å²) in [5.41, 5.74) is 0.256. The Morgan fingerprint density at radius 1 is 1.07 bits per heavy atom. The predicted molar refractivity (Wildman–Crippen MR) is 114 cm³/mol. The number of hydrogen-bond donors (Lipinski definition) is 1. The maximum absolute atomic E-state index is 12.9. The highest BCUT2D eigenvalue weighted by molar-refractivity contribution is 5.76. The van der Waals surface area contributed by atoms with Gasteiger partial charge in [0.15, 0.2) is 5.82 Å². The van der Waals surface area contributed by atoms with Crippen molar-refractivity contribution >= 4 is 17.8 Å². The van der Waals surface area contributed by atoms with Crippen LogP contribution in [0.4, 0.5) is 11.9 Å². The third kappa shape index (κ3) is 4.11. The summed E-state index contributed by atoms with van der Waals surface area (Å²) < 4.78 is 5.44. The number of carbonyl (C=O) groups is 1. The van der Waals surface area contributed by atoms with Crippen LogP contribution in [0.25, 0.3) is 0 Å². The molecule has 1 N–H and O–H groups in total. The molecule has 5 aliphatic rings. The van der Waals surface area contributed by atoms with Crippen LogP contribution in [0, 0.1) is 23.2 Å². The molecule has 4 aliphatic carbocycles. The van der Waals surface area contributed by atoms with Crippen LogP contribution in [0.15, 0.2) is 0 Å². The Labute approximate surface area is 178 Å². The van der Waals surface area contributed by atoms with E-state index in [2.05, 4.69) is 25.2 Å². The Balaban J connectivity index is 1.24. The number of hydrogen-bond acceptors (Lipinski definition) is 7. The van der Waals surface area contributed by atoms with E-state index in [9.17, 15) is 4.79 Å². The van der Waals surface area contributed by atoms with Gasteiger partial charge in [0.1, 0.15) is 0 Å². The lowest BCUT2D eigenvalue weighted by Gasteiger charge is -2.56. The molecule has 0 radical (unpaired) electrons. The van der Waals surface area contributed by atoms with Gasteiger partial charge in [0.2, 0.25) is 17.8 Å². The number of rotatable bonds is 6. The largest absolute Gasteiger partial charge is 0.378 e. The molecule has 6 rings (SSSR count). The molecule has 8 nitrogen and oxygen atoms in total. The van der Waals surface area contributed by atoms with Crippen molar-refractivity contribution in [3.05, 3.63) is 5.82 Å². The minimum absolute atomic E-state index is 0.150. The lowest BCUT2D eigenvalue weighted by Crippen LogP contribution is -2.48. The number of nitrogens with one attached hydrogen (secondary N) is 1. The van der Waals surface area contributed by atoms with Crippen molar-refractivity contribution in [2.45, 2.75) is 51.5 Å². The summed E-state index contributed by atoms with van der Waals surface area (Å²) >= 11 is 0. The quantitative estimate of drug-likeness (QED) is 0.762. The van der Waals surface area contributed by atoms with Gasteiger partial charge in [-0.2, -0.15) is 15.0 Å². The van der Waals surface area contributed by atoms with Gasteiger partial charge in [-0.15, -0.1) is 0 Å². The number of anilines is 2. The molecule has 4 saturated carbocycles. The monoisotopic (exact) mass is 414 g/mol. The fraction of sp³-hybridized carbons (Fsp3) is 0.818. The second kappa shape index (κ2) is 7.94. The van der Waals surface area contributed by atoms with Gasteiger partial charge < -0.3 is 19.9 Å². The van der Waals surface area contributed by atoms with Crippen LogP contribution in [-0.4, -0.2) is 61.3 Å². The number of carbonyl (C=O) groups excluding carboxylic acids is 1. The van der Waals surface area contributed by atoms with Crippen LogP contribution in [0.1, 0.15) is 50.8 Å². The van der Waals surface area contributed by atoms with Gasteiger partial charge in [0, 0.05) is 33.6 Å². The van der Waals surface area contributed by atoms with E-state index in [-0.39, 0.29) is 11.3 Å². The molecule has 1 aliphatic heterocycles. The molecule has 4 bridgehead atoms. The standard InChI is InChI=1S/C22H34N6O2/c1-27(2)20-24-18(25-21(26-20)28-3-5-30-6-4-28)14-23-19(29)13-22-10-15-7-16(11-22)9-17(8-15)12-22/h15-17H,3-14H2,1-2H3,(H,23,29). The summed E-state index contributed by atoms with van der Waals surface area (Å²) in [6.07, 6.45) is 8.65. The van der Waals surface area contributed by atoms with Crippen molar-refractivity contribution < 1.29 is 9.53 Å². The summed E-state index contributed by atoms with van der Waals surface area (Å²) in [5, 5.41) is 3.12. The van der Waals surface area contributed by atoms with Crippen LogP contribution in [0.5, 0.6) is 0 Å². The van der Waals surface area contributed by atoms with Crippen molar-refractivity contribution in [2.24, 2.45) is 23.2 Å². The van der Waals surface area contributed by atoms with Gasteiger partial charge in [-0.25, -0.2) is 0 Å². The van der Waals surface area contributed by atoms with E-state index >= 15 is 0 Å². The Bertz CT molecular complexity index is 757. The van der Waals surface area contributed by atoms with Crippen molar-refractivity contribution in [2.75, 3.05) is 50.2 Å². The van der Waals surface area contributed by atoms with E-state index in [1.165, 1.54) is 38.5 Å². The summed E-state index contributed by atoms with van der Waals surface area (Å²) in [6, 6.07) is 0. The topological polar surface area (TPSA) is 83.5 Å². The van der Waals surface area contributed by atoms with Crippen LogP contribution in [-0.2, 0) is 16.1 Å². The molecule has 5 fully saturated rings. The summed E-state index contributed by atoms with van der Waals surface area (Å²) in [7, 11) is 3.85. The van der Waals surface area contributed by atoms with Gasteiger partial charge in [0.05, 0.1) is 19.8 Å². The molecule has 164 valence electrons. The van der Waals surface area contributed by atoms with Crippen LogP contribution >= 0.6 is 0 Å². The van der Waals surface area contributed by atoms with Crippen LogP contribution in [0.2, 0.25) is 0 Å². The Morgan fingerprint density at radius 2 is 1.70 bits per heavy atom. The number of morpholine rings is 1. The van der Waals surface area contributed by atoms with E-state index in [4.69, 9.17) is 4.74 Å². The first kappa shape index (κ1) is 20.0. The first-order chi connectivity index (χ1) is 14.5. The minimum Gasteiger partial charge on any atom is -0.378 e. The highest BCUT2D eigenvalue weighted by Crippen LogP contribution is 2.61. The molecule has 2 heterocycles. The van der Waals surface area contributed by atoms with Crippen molar-refractivity contribution in [1.82, 2.24) is 20.3 Å². The molecule has 1 saturated heterocycles. The van der Waals surface area contributed by atoms with Crippen molar-refractivity contribution in [3.63, 3.8) is 0 Å². The average Bonchev–Trinajstić information content (AvgIpc) is 2.71. The molecule has 0 atom stereocenters. The van der Waals surface area contributed by atoms with Crippen molar-refractivity contribution in [3.8, 4) is 0 Å². The molecular formula is C22H34N6O2. The molecule has 1 aromatic heterocycles. The number of aromatic nitrogens is 3. The van der Waals surface area contributed by atoms with Gasteiger partial charge in [0.25, 0.3) is 0 Å². The maximum atomic E-state index is 12.9. The number of amides is 1. The predicted octanol–water partition coefficient (Wildman–Crippen LogP) is 2.00. The number of ether oxygens (including phenoxy) is 1. The fourth-order valence-corrected chi connectivity index (χ4v) is 6.67. The summed E-state index contributed by atoms with van der Waals surface area (Å²) in [5.74, 6) is 4.66. The molecule has 0 unspecified atom stereocenters. The second-order valence-electron chi connectivity index (χ2n) is 10.2. The van der Waals surface area contributed by atoms with Gasteiger partial charge in [-0.1, -0.05) is 0 Å². The van der Waals surface area contributed by atoms with E-state index in [1.54, 1.807) is 0 Å². The molecular weight excluding hydrogens is 380 g/mol. The molecule has 0 aromatic carbocycles. The lowest BCUT2D eigenvalue weighted by molar-refractivity contribution is -0.129. The van der Waals surface area contributed by atoms with Crippen LogP contribution in [0.3, 0.4) is 0 Å². The zero-order chi connectivity index (χ0) is 20.7. The zero-order valence-corrected chi connectivity index (χ0v) is 18.3. The Kier molecular flexibility index (Phi) is 5.29. The van der Waals surface area contributed by atoms with E-state index in [0.29, 0.717) is 43.9 Å². The zero-order valence-electron chi connectivity index (χ0n) is 18.3. The van der Waals surface area contributed by atoms with E-state index in [0.717, 1.165) is 30.8 Å². The second-order valence-corrected chi connectivity index (χ2v) is 10.2. The van der Waals surface area contributed by atoms with Gasteiger partial charge >= 0.3 is 0 Å². The molecule has 30 heavy (non-hydrogen) atoms. The molecule has 1 aromatic rings. The molecule has 0 spiro atoms. The first-order valence-corrected chi connectivity index (χ1v) is 11.5. The highest BCUT2D eigenvalue weighted by atomic mass is 16.5. The smallest absolute Gasteiger partial charge is 0.230 e. The maximum Gasteiger partial charge on any atom is 0.230 e. The molecule has 1 amide bonds. The minimum atomic E-state index is 0.150. The third-order valence-corrected chi connectivity index (χ3v) is 7.50. The normalized spacial score (nSPS) is 32.3. The van der Waals surface area contributed by atoms with E-state index < -0.39 is 0 Å². The lowest BCUT2D eigenvalue weighted by atomic mass is 9.49. The van der Waals surface area contributed by atoms with Crippen molar-refractivity contribution in [1.29, 1.82) is 0 Å². The Morgan fingerprint density at radius 3 is 2.30 bits per heavy atom. The SMILES string of the molecule is CN(C)c1nc(CNC(=O)CC23CC4CC(CC(C4)C2)C3)nc(N2CCOCC2)n1. The number of nitrogens with zero attached hydrogens (tertiary/aromatic N) is 5. The summed E-state index contributed by atoms with van der Waals surface area (Å²) in [4.78, 5) is 30.7. The Hall–Kier alpha value is -1.96. The fourth-order valence-electron chi connectivity index (χ4n) is 6.67. The van der Waals surface area contributed by atoms with Gasteiger partial charge in [-0.3, -0.25) is 4.79 Å². The third-order valence-electron chi connectivity index (χ3n) is 7.50. The first-order valence-electron chi connectivity index (χ1n) is 11.5. The van der Waals surface area contributed by atoms with E-state index in [1.807, 2.05) is 19.0 Å².